The Balaban J connectivity index is 1.76. The van der Waals surface area contributed by atoms with Crippen LogP contribution in [0.5, 0.6) is 0 Å². The SMILES string of the molecule is COCCn1cnc2c1c(=O)n(CC(=O)N(C)C1CCCCC1)c(=O)n2Cc1ccccc1. The van der Waals surface area contributed by atoms with Gasteiger partial charge in [0.1, 0.15) is 6.54 Å². The number of ether oxygens (including phenoxy) is 1. The molecule has 176 valence electrons. The highest BCUT2D eigenvalue weighted by atomic mass is 16.5. The number of methoxy groups -OCH3 is 1. The van der Waals surface area contributed by atoms with E-state index in [1.54, 1.807) is 30.0 Å². The van der Waals surface area contributed by atoms with Crippen LogP contribution in [0, 0.1) is 0 Å². The number of rotatable bonds is 8. The standard InChI is InChI=1S/C24H31N5O4/c1-26(19-11-7-4-8-12-19)20(30)16-29-23(31)21-22(25-17-27(21)13-14-33-2)28(24(29)32)15-18-9-5-3-6-10-18/h3,5-6,9-10,17,19H,4,7-8,11-16H2,1-2H3. The molecule has 9 heteroatoms. The number of hydrogen-bond donors (Lipinski definition) is 0. The lowest BCUT2D eigenvalue weighted by molar-refractivity contribution is -0.133. The molecule has 2 aromatic heterocycles. The molecule has 1 aromatic carbocycles. The highest BCUT2D eigenvalue weighted by Crippen LogP contribution is 2.21. The molecule has 1 aliphatic rings. The number of likely N-dealkylation sites (N-methyl/N-ethyl adjacent to an activating group) is 1. The summed E-state index contributed by atoms with van der Waals surface area (Å²) in [5, 5.41) is 0. The number of fused-ring (bicyclic) bond motifs is 1. The fraction of sp³-hybridized carbons (Fsp3) is 0.500. The number of carbonyl (C=O) groups excluding carboxylic acids is 1. The Morgan fingerprint density at radius 2 is 1.85 bits per heavy atom. The van der Waals surface area contributed by atoms with Gasteiger partial charge in [-0.3, -0.25) is 14.2 Å². The van der Waals surface area contributed by atoms with Crippen LogP contribution in [-0.2, 0) is 29.2 Å². The maximum atomic E-state index is 13.4. The van der Waals surface area contributed by atoms with Gasteiger partial charge >= 0.3 is 5.69 Å². The summed E-state index contributed by atoms with van der Waals surface area (Å²) >= 11 is 0. The Morgan fingerprint density at radius 1 is 1.12 bits per heavy atom. The van der Waals surface area contributed by atoms with Crippen molar-refractivity contribution in [1.82, 2.24) is 23.6 Å². The molecule has 1 amide bonds. The lowest BCUT2D eigenvalue weighted by atomic mass is 9.94. The van der Waals surface area contributed by atoms with Gasteiger partial charge in [0, 0.05) is 26.7 Å². The average molecular weight is 454 g/mol. The minimum atomic E-state index is -0.529. The van der Waals surface area contributed by atoms with E-state index in [0.29, 0.717) is 24.3 Å². The normalized spacial score (nSPS) is 14.6. The van der Waals surface area contributed by atoms with Gasteiger partial charge in [0.25, 0.3) is 5.56 Å². The second-order valence-corrected chi connectivity index (χ2v) is 8.65. The Kier molecular flexibility index (Phi) is 7.08. The monoisotopic (exact) mass is 453 g/mol. The number of hydrogen-bond acceptors (Lipinski definition) is 5. The first-order valence-electron chi connectivity index (χ1n) is 11.5. The van der Waals surface area contributed by atoms with E-state index >= 15 is 0 Å². The summed E-state index contributed by atoms with van der Waals surface area (Å²) in [4.78, 5) is 46.0. The lowest BCUT2D eigenvalue weighted by Gasteiger charge is -2.31. The van der Waals surface area contributed by atoms with Crippen molar-refractivity contribution in [3.8, 4) is 0 Å². The summed E-state index contributed by atoms with van der Waals surface area (Å²) < 4.78 is 9.38. The molecule has 0 spiro atoms. The Morgan fingerprint density at radius 3 is 2.55 bits per heavy atom. The average Bonchev–Trinajstić information content (AvgIpc) is 3.27. The summed E-state index contributed by atoms with van der Waals surface area (Å²) in [7, 11) is 3.36. The molecule has 33 heavy (non-hydrogen) atoms. The third kappa shape index (κ3) is 4.78. The van der Waals surface area contributed by atoms with Crippen molar-refractivity contribution in [3.63, 3.8) is 0 Å². The van der Waals surface area contributed by atoms with E-state index in [2.05, 4.69) is 4.98 Å². The molecular formula is C24H31N5O4. The lowest BCUT2D eigenvalue weighted by Crippen LogP contribution is -2.47. The molecule has 0 radical (unpaired) electrons. The molecule has 2 heterocycles. The van der Waals surface area contributed by atoms with Crippen LogP contribution >= 0.6 is 0 Å². The van der Waals surface area contributed by atoms with E-state index in [9.17, 15) is 14.4 Å². The van der Waals surface area contributed by atoms with Crippen molar-refractivity contribution in [2.24, 2.45) is 0 Å². The van der Waals surface area contributed by atoms with Crippen molar-refractivity contribution in [1.29, 1.82) is 0 Å². The van der Waals surface area contributed by atoms with Crippen LogP contribution in [0.4, 0.5) is 0 Å². The highest BCUT2D eigenvalue weighted by molar-refractivity contribution is 5.77. The van der Waals surface area contributed by atoms with Crippen LogP contribution in [-0.4, -0.2) is 56.3 Å². The molecule has 0 saturated heterocycles. The topological polar surface area (TPSA) is 91.4 Å². The molecule has 0 aliphatic heterocycles. The second kappa shape index (κ2) is 10.2. The van der Waals surface area contributed by atoms with E-state index in [4.69, 9.17) is 4.74 Å². The minimum absolute atomic E-state index is 0.157. The van der Waals surface area contributed by atoms with Crippen LogP contribution < -0.4 is 11.2 Å². The predicted octanol–water partition coefficient (Wildman–Crippen LogP) is 1.85. The van der Waals surface area contributed by atoms with Gasteiger partial charge in [-0.15, -0.1) is 0 Å². The second-order valence-electron chi connectivity index (χ2n) is 8.65. The number of aromatic nitrogens is 4. The number of benzene rings is 1. The molecule has 1 aliphatic carbocycles. The van der Waals surface area contributed by atoms with Gasteiger partial charge in [0.15, 0.2) is 11.2 Å². The summed E-state index contributed by atoms with van der Waals surface area (Å²) in [6.45, 7) is 0.781. The van der Waals surface area contributed by atoms with Gasteiger partial charge in [-0.2, -0.15) is 0 Å². The minimum Gasteiger partial charge on any atom is -0.383 e. The van der Waals surface area contributed by atoms with Crippen LogP contribution in [0.2, 0.25) is 0 Å². The van der Waals surface area contributed by atoms with Crippen molar-refractivity contribution < 1.29 is 9.53 Å². The van der Waals surface area contributed by atoms with E-state index < -0.39 is 11.2 Å². The quantitative estimate of drug-likeness (QED) is 0.519. The van der Waals surface area contributed by atoms with Crippen LogP contribution in [0.3, 0.4) is 0 Å². The largest absolute Gasteiger partial charge is 0.383 e. The summed E-state index contributed by atoms with van der Waals surface area (Å²) in [6, 6.07) is 9.68. The van der Waals surface area contributed by atoms with E-state index in [1.807, 2.05) is 30.3 Å². The maximum absolute atomic E-state index is 13.4. The molecule has 3 aromatic rings. The van der Waals surface area contributed by atoms with Crippen LogP contribution in [0.1, 0.15) is 37.7 Å². The van der Waals surface area contributed by atoms with Crippen molar-refractivity contribution >= 4 is 17.1 Å². The van der Waals surface area contributed by atoms with Gasteiger partial charge in [-0.25, -0.2) is 14.3 Å². The summed E-state index contributed by atoms with van der Waals surface area (Å²) in [5.74, 6) is -0.227. The van der Waals surface area contributed by atoms with Gasteiger partial charge < -0.3 is 14.2 Å². The maximum Gasteiger partial charge on any atom is 0.333 e. The highest BCUT2D eigenvalue weighted by Gasteiger charge is 2.25. The zero-order valence-corrected chi connectivity index (χ0v) is 19.3. The number of carbonyl (C=O) groups is 1. The Bertz CT molecular complexity index is 1220. The van der Waals surface area contributed by atoms with Gasteiger partial charge in [0.2, 0.25) is 5.91 Å². The zero-order chi connectivity index (χ0) is 23.4. The smallest absolute Gasteiger partial charge is 0.333 e. The van der Waals surface area contributed by atoms with Crippen molar-refractivity contribution in [2.45, 2.75) is 57.8 Å². The van der Waals surface area contributed by atoms with Crippen molar-refractivity contribution in [2.75, 3.05) is 20.8 Å². The molecule has 0 atom stereocenters. The Labute approximate surface area is 192 Å². The van der Waals surface area contributed by atoms with Crippen LogP contribution in [0.15, 0.2) is 46.2 Å². The Hall–Kier alpha value is -3.20. The number of nitrogens with zero attached hydrogens (tertiary/aromatic N) is 5. The fourth-order valence-electron chi connectivity index (χ4n) is 4.56. The van der Waals surface area contributed by atoms with E-state index in [1.165, 1.54) is 11.0 Å². The zero-order valence-electron chi connectivity index (χ0n) is 19.3. The van der Waals surface area contributed by atoms with Crippen molar-refractivity contribution in [3.05, 3.63) is 63.1 Å². The summed E-state index contributed by atoms with van der Waals surface area (Å²) in [5.41, 5.74) is 0.491. The molecule has 0 bridgehead atoms. The predicted molar refractivity (Wildman–Crippen MR) is 125 cm³/mol. The first-order valence-corrected chi connectivity index (χ1v) is 11.5. The molecule has 1 fully saturated rings. The fourth-order valence-corrected chi connectivity index (χ4v) is 4.56. The molecular weight excluding hydrogens is 422 g/mol. The van der Waals surface area contributed by atoms with Gasteiger partial charge in [-0.05, 0) is 18.4 Å². The van der Waals surface area contributed by atoms with Crippen LogP contribution in [0.25, 0.3) is 11.2 Å². The number of amides is 1. The third-order valence-electron chi connectivity index (χ3n) is 6.51. The molecule has 9 nitrogen and oxygen atoms in total. The van der Waals surface area contributed by atoms with Gasteiger partial charge in [-0.1, -0.05) is 49.6 Å². The van der Waals surface area contributed by atoms with E-state index in [0.717, 1.165) is 35.8 Å². The number of imidazole rings is 1. The molecule has 0 N–H and O–H groups in total. The first kappa shape index (κ1) is 23.0. The molecule has 1 saturated carbocycles. The molecule has 0 unspecified atom stereocenters. The molecule has 4 rings (SSSR count). The van der Waals surface area contributed by atoms with E-state index in [-0.39, 0.29) is 25.0 Å². The third-order valence-corrected chi connectivity index (χ3v) is 6.51. The van der Waals surface area contributed by atoms with Gasteiger partial charge in [0.05, 0.1) is 19.5 Å². The summed E-state index contributed by atoms with van der Waals surface area (Å²) in [6.07, 6.45) is 6.83. The first-order chi connectivity index (χ1) is 16.0.